The van der Waals surface area contributed by atoms with Gasteiger partial charge in [-0.15, -0.1) is 0 Å². The number of ether oxygens (including phenoxy) is 1. The van der Waals surface area contributed by atoms with Crippen LogP contribution in [0.1, 0.15) is 36.2 Å². The number of pyridine rings is 1. The molecule has 116 valence electrons. The van der Waals surface area contributed by atoms with Crippen molar-refractivity contribution in [3.05, 3.63) is 36.3 Å². The lowest BCUT2D eigenvalue weighted by atomic mass is 9.93. The lowest BCUT2D eigenvalue weighted by Crippen LogP contribution is -2.39. The summed E-state index contributed by atoms with van der Waals surface area (Å²) in [5, 5.41) is 6.75. The zero-order valence-electron chi connectivity index (χ0n) is 12.5. The second kappa shape index (κ2) is 6.70. The number of methoxy groups -OCH3 is 1. The number of carbonyl (C=O) groups is 1. The van der Waals surface area contributed by atoms with Crippen LogP contribution in [0.3, 0.4) is 0 Å². The maximum atomic E-state index is 12.5. The highest BCUT2D eigenvalue weighted by molar-refractivity contribution is 5.98. The molecular formula is C16H19N3O3. The Morgan fingerprint density at radius 2 is 2.09 bits per heavy atom. The van der Waals surface area contributed by atoms with E-state index in [0.717, 1.165) is 25.7 Å². The molecule has 0 saturated heterocycles. The summed E-state index contributed by atoms with van der Waals surface area (Å²) in [4.78, 5) is 16.7. The maximum Gasteiger partial charge on any atom is 0.270 e. The summed E-state index contributed by atoms with van der Waals surface area (Å²) in [6.45, 7) is 0. The van der Waals surface area contributed by atoms with Gasteiger partial charge in [-0.1, -0.05) is 5.16 Å². The van der Waals surface area contributed by atoms with Crippen LogP contribution in [0.25, 0.3) is 11.3 Å². The molecule has 6 heteroatoms. The van der Waals surface area contributed by atoms with Gasteiger partial charge in [0, 0.05) is 25.4 Å². The number of rotatable bonds is 4. The molecule has 0 aliphatic heterocycles. The van der Waals surface area contributed by atoms with E-state index in [4.69, 9.17) is 9.26 Å². The second-order valence-corrected chi connectivity index (χ2v) is 5.46. The first kappa shape index (κ1) is 14.7. The molecule has 1 saturated carbocycles. The number of hydrogen-bond donors (Lipinski definition) is 1. The Bertz CT molecular complexity index is 619. The molecule has 0 unspecified atom stereocenters. The predicted octanol–water partition coefficient (Wildman–Crippen LogP) is 2.42. The van der Waals surface area contributed by atoms with Gasteiger partial charge < -0.3 is 14.6 Å². The zero-order valence-corrected chi connectivity index (χ0v) is 12.5. The topological polar surface area (TPSA) is 77.2 Å². The molecule has 1 aliphatic rings. The minimum Gasteiger partial charge on any atom is -0.381 e. The first-order chi connectivity index (χ1) is 10.8. The van der Waals surface area contributed by atoms with E-state index in [-0.39, 0.29) is 11.9 Å². The third-order valence-corrected chi connectivity index (χ3v) is 4.07. The fraction of sp³-hybridized carbons (Fsp3) is 0.438. The lowest BCUT2D eigenvalue weighted by molar-refractivity contribution is 0.0598. The molecule has 1 amide bonds. The molecule has 3 rings (SSSR count). The molecule has 2 heterocycles. The zero-order chi connectivity index (χ0) is 15.4. The predicted molar refractivity (Wildman–Crippen MR) is 80.3 cm³/mol. The maximum absolute atomic E-state index is 12.5. The number of amides is 1. The van der Waals surface area contributed by atoms with Crippen LogP contribution in [-0.2, 0) is 4.74 Å². The number of nitrogens with zero attached hydrogens (tertiary/aromatic N) is 2. The van der Waals surface area contributed by atoms with Crippen molar-refractivity contribution in [2.45, 2.75) is 37.8 Å². The van der Waals surface area contributed by atoms with Gasteiger partial charge in [0.15, 0.2) is 5.76 Å². The van der Waals surface area contributed by atoms with Crippen molar-refractivity contribution in [2.24, 2.45) is 0 Å². The highest BCUT2D eigenvalue weighted by Gasteiger charge is 2.24. The Hall–Kier alpha value is -2.21. The quantitative estimate of drug-likeness (QED) is 0.938. The first-order valence-electron chi connectivity index (χ1n) is 7.47. The Kier molecular flexibility index (Phi) is 4.48. The van der Waals surface area contributed by atoms with Gasteiger partial charge in [-0.2, -0.15) is 0 Å². The summed E-state index contributed by atoms with van der Waals surface area (Å²) in [6, 6.07) is 5.48. The van der Waals surface area contributed by atoms with Crippen LogP contribution in [0.15, 0.2) is 35.1 Å². The summed E-state index contributed by atoms with van der Waals surface area (Å²) in [6.07, 6.45) is 7.26. The van der Waals surface area contributed by atoms with Crippen LogP contribution < -0.4 is 5.32 Å². The number of nitrogens with one attached hydrogen (secondary N) is 1. The van der Waals surface area contributed by atoms with Crippen LogP contribution in [0.4, 0.5) is 0 Å². The van der Waals surface area contributed by atoms with Gasteiger partial charge in [0.2, 0.25) is 0 Å². The summed E-state index contributed by atoms with van der Waals surface area (Å²) < 4.78 is 10.5. The van der Waals surface area contributed by atoms with E-state index in [2.05, 4.69) is 15.5 Å². The largest absolute Gasteiger partial charge is 0.381 e. The molecule has 1 fully saturated rings. The molecular weight excluding hydrogens is 282 g/mol. The second-order valence-electron chi connectivity index (χ2n) is 5.46. The van der Waals surface area contributed by atoms with Gasteiger partial charge in [-0.25, -0.2) is 0 Å². The average molecular weight is 301 g/mol. The summed E-state index contributed by atoms with van der Waals surface area (Å²) >= 11 is 0. The molecule has 0 aromatic carbocycles. The van der Waals surface area contributed by atoms with Gasteiger partial charge in [0.25, 0.3) is 5.91 Å². The normalized spacial score (nSPS) is 21.5. The van der Waals surface area contributed by atoms with E-state index >= 15 is 0 Å². The van der Waals surface area contributed by atoms with Gasteiger partial charge in [0.05, 0.1) is 17.9 Å². The number of aromatic nitrogens is 2. The molecule has 0 spiro atoms. The van der Waals surface area contributed by atoms with Crippen LogP contribution in [0, 0.1) is 0 Å². The molecule has 2 aromatic heterocycles. The van der Waals surface area contributed by atoms with Crippen LogP contribution >= 0.6 is 0 Å². The van der Waals surface area contributed by atoms with Crippen molar-refractivity contribution in [3.63, 3.8) is 0 Å². The van der Waals surface area contributed by atoms with Crippen molar-refractivity contribution >= 4 is 5.91 Å². The molecule has 22 heavy (non-hydrogen) atoms. The van der Waals surface area contributed by atoms with Gasteiger partial charge >= 0.3 is 0 Å². The van der Waals surface area contributed by atoms with Gasteiger partial charge in [0.1, 0.15) is 5.69 Å². The monoisotopic (exact) mass is 301 g/mol. The van der Waals surface area contributed by atoms with Gasteiger partial charge in [-0.3, -0.25) is 9.78 Å². The fourth-order valence-electron chi connectivity index (χ4n) is 2.84. The van der Waals surface area contributed by atoms with E-state index in [1.54, 1.807) is 31.6 Å². The lowest BCUT2D eigenvalue weighted by Gasteiger charge is -2.28. The molecule has 0 bridgehead atoms. The Morgan fingerprint density at radius 1 is 1.27 bits per heavy atom. The highest BCUT2D eigenvalue weighted by Crippen LogP contribution is 2.23. The highest BCUT2D eigenvalue weighted by atomic mass is 16.5. The van der Waals surface area contributed by atoms with Crippen LogP contribution in [0.2, 0.25) is 0 Å². The first-order valence-corrected chi connectivity index (χ1v) is 7.47. The van der Waals surface area contributed by atoms with Crippen molar-refractivity contribution in [1.82, 2.24) is 15.5 Å². The van der Waals surface area contributed by atoms with E-state index < -0.39 is 0 Å². The van der Waals surface area contributed by atoms with E-state index in [1.807, 2.05) is 6.07 Å². The fourth-order valence-corrected chi connectivity index (χ4v) is 2.84. The Balaban J connectivity index is 1.71. The summed E-state index contributed by atoms with van der Waals surface area (Å²) in [7, 11) is 1.74. The summed E-state index contributed by atoms with van der Waals surface area (Å²) in [5.41, 5.74) is 1.02. The minimum absolute atomic E-state index is 0.170. The third kappa shape index (κ3) is 3.17. The van der Waals surface area contributed by atoms with Crippen molar-refractivity contribution in [2.75, 3.05) is 7.11 Å². The SMILES string of the molecule is COC1CCC(NC(=O)c2ncccc2-c2ccno2)CC1. The minimum atomic E-state index is -0.173. The van der Waals surface area contributed by atoms with Crippen LogP contribution in [0.5, 0.6) is 0 Å². The molecule has 1 N–H and O–H groups in total. The molecule has 1 aliphatic carbocycles. The van der Waals surface area contributed by atoms with Crippen molar-refractivity contribution in [3.8, 4) is 11.3 Å². The van der Waals surface area contributed by atoms with E-state index in [9.17, 15) is 4.79 Å². The number of carbonyl (C=O) groups excluding carboxylic acids is 1. The smallest absolute Gasteiger partial charge is 0.270 e. The van der Waals surface area contributed by atoms with Crippen molar-refractivity contribution < 1.29 is 14.1 Å². The van der Waals surface area contributed by atoms with E-state index in [0.29, 0.717) is 23.1 Å². The standard InChI is InChI=1S/C16H19N3O3/c1-21-12-6-4-11(5-7-12)19-16(20)15-13(3-2-9-17-15)14-8-10-18-22-14/h2-3,8-12H,4-7H2,1H3,(H,19,20). The molecule has 6 nitrogen and oxygen atoms in total. The Labute approximate surface area is 128 Å². The summed E-state index contributed by atoms with van der Waals surface area (Å²) in [5.74, 6) is 0.370. The van der Waals surface area contributed by atoms with Crippen LogP contribution in [-0.4, -0.2) is 35.3 Å². The molecule has 0 atom stereocenters. The van der Waals surface area contributed by atoms with Gasteiger partial charge in [-0.05, 0) is 37.8 Å². The Morgan fingerprint density at radius 3 is 2.77 bits per heavy atom. The third-order valence-electron chi connectivity index (χ3n) is 4.07. The number of hydrogen-bond acceptors (Lipinski definition) is 5. The molecule has 2 aromatic rings. The average Bonchev–Trinajstić information content (AvgIpc) is 3.10. The van der Waals surface area contributed by atoms with E-state index in [1.165, 1.54) is 0 Å². The molecule has 0 radical (unpaired) electrons. The van der Waals surface area contributed by atoms with Crippen molar-refractivity contribution in [1.29, 1.82) is 0 Å².